The summed E-state index contributed by atoms with van der Waals surface area (Å²) in [5.41, 5.74) is 4.77. The van der Waals surface area contributed by atoms with E-state index < -0.39 is 0 Å². The van der Waals surface area contributed by atoms with Gasteiger partial charge in [0.1, 0.15) is 0 Å². The Bertz CT molecular complexity index is 967. The van der Waals surface area contributed by atoms with E-state index in [1.165, 1.54) is 32.7 Å². The molecule has 0 N–H and O–H groups in total. The minimum absolute atomic E-state index is 1.09. The molecule has 4 aromatic rings. The van der Waals surface area contributed by atoms with E-state index in [0.29, 0.717) is 0 Å². The molecule has 20 heavy (non-hydrogen) atoms. The lowest BCUT2D eigenvalue weighted by Crippen LogP contribution is -1.89. The van der Waals surface area contributed by atoms with E-state index in [9.17, 15) is 0 Å². The van der Waals surface area contributed by atoms with Gasteiger partial charge in [-0.2, -0.15) is 0 Å². The molecule has 3 aromatic carbocycles. The normalized spacial score (nSPS) is 11.5. The maximum Gasteiger partial charge on any atom is 0.0790 e. The van der Waals surface area contributed by atoms with Crippen molar-refractivity contribution >= 4 is 32.6 Å². The van der Waals surface area contributed by atoms with Gasteiger partial charge in [0.25, 0.3) is 0 Å². The van der Waals surface area contributed by atoms with Crippen LogP contribution in [0.3, 0.4) is 0 Å². The zero-order valence-electron chi connectivity index (χ0n) is 11.6. The molecule has 0 aliphatic carbocycles. The predicted molar refractivity (Wildman–Crippen MR) is 86.2 cm³/mol. The van der Waals surface area contributed by atoms with Crippen LogP contribution in [0.25, 0.3) is 32.6 Å². The van der Waals surface area contributed by atoms with Crippen molar-refractivity contribution in [2.75, 3.05) is 0 Å². The van der Waals surface area contributed by atoms with Crippen molar-refractivity contribution in [3.05, 3.63) is 65.7 Å². The molecule has 1 nitrogen and oxygen atoms in total. The molecule has 0 saturated heterocycles. The van der Waals surface area contributed by atoms with Crippen LogP contribution in [0, 0.1) is 13.8 Å². The lowest BCUT2D eigenvalue weighted by atomic mass is 9.99. The van der Waals surface area contributed by atoms with E-state index in [2.05, 4.69) is 68.4 Å². The summed E-state index contributed by atoms with van der Waals surface area (Å²) in [6, 6.07) is 19.4. The van der Waals surface area contributed by atoms with Crippen molar-refractivity contribution in [3.8, 4) is 0 Å². The first kappa shape index (κ1) is 11.4. The smallest absolute Gasteiger partial charge is 0.0790 e. The van der Waals surface area contributed by atoms with Crippen molar-refractivity contribution in [2.45, 2.75) is 13.8 Å². The third-order valence-electron chi connectivity index (χ3n) is 4.09. The maximum atomic E-state index is 4.93. The Hall–Kier alpha value is -2.41. The van der Waals surface area contributed by atoms with Gasteiger partial charge < -0.3 is 0 Å². The maximum absolute atomic E-state index is 4.93. The lowest BCUT2D eigenvalue weighted by Gasteiger charge is -2.10. The van der Waals surface area contributed by atoms with E-state index in [1.807, 2.05) is 0 Å². The number of nitrogens with zero attached hydrogens (tertiary/aromatic N) is 1. The fraction of sp³-hybridized carbons (Fsp3) is 0.105. The fourth-order valence-electron chi connectivity index (χ4n) is 3.00. The number of rotatable bonds is 0. The highest BCUT2D eigenvalue weighted by Gasteiger charge is 2.08. The molecule has 0 aliphatic rings. The molecule has 0 spiro atoms. The Morgan fingerprint density at radius 3 is 2.45 bits per heavy atom. The molecule has 0 atom stereocenters. The van der Waals surface area contributed by atoms with Crippen molar-refractivity contribution in [1.29, 1.82) is 0 Å². The molecular formula is C19H15N. The van der Waals surface area contributed by atoms with Gasteiger partial charge in [0.05, 0.1) is 11.0 Å². The van der Waals surface area contributed by atoms with E-state index in [1.54, 1.807) is 0 Å². The van der Waals surface area contributed by atoms with Gasteiger partial charge in [0.15, 0.2) is 0 Å². The summed E-state index contributed by atoms with van der Waals surface area (Å²) >= 11 is 0. The Morgan fingerprint density at radius 2 is 1.55 bits per heavy atom. The summed E-state index contributed by atoms with van der Waals surface area (Å²) in [6.07, 6.45) is 0. The van der Waals surface area contributed by atoms with Crippen LogP contribution in [-0.2, 0) is 0 Å². The molecule has 0 saturated carbocycles. The molecule has 0 bridgehead atoms. The Balaban J connectivity index is 2.29. The molecular weight excluding hydrogens is 242 g/mol. The average Bonchev–Trinajstić information content (AvgIpc) is 2.47. The van der Waals surface area contributed by atoms with Crippen LogP contribution in [0.1, 0.15) is 11.1 Å². The summed E-state index contributed by atoms with van der Waals surface area (Å²) in [7, 11) is 0. The molecule has 0 unspecified atom stereocenters. The fourth-order valence-corrected chi connectivity index (χ4v) is 3.00. The minimum atomic E-state index is 1.09. The monoisotopic (exact) mass is 257 g/mol. The summed E-state index contributed by atoms with van der Waals surface area (Å²) in [4.78, 5) is 4.93. The number of hydrogen-bond donors (Lipinski definition) is 0. The molecule has 0 amide bonds. The molecule has 96 valence electrons. The highest BCUT2D eigenvalue weighted by Crippen LogP contribution is 2.30. The molecule has 1 aromatic heterocycles. The van der Waals surface area contributed by atoms with Crippen LogP contribution in [0.5, 0.6) is 0 Å². The Kier molecular flexibility index (Phi) is 2.31. The SMILES string of the molecule is Cc1ccc2c(C)c3ccc4ccccc4c3nc2c1. The van der Waals surface area contributed by atoms with Crippen molar-refractivity contribution < 1.29 is 0 Å². The number of pyridine rings is 1. The molecule has 0 aliphatic heterocycles. The third-order valence-corrected chi connectivity index (χ3v) is 4.09. The van der Waals surface area contributed by atoms with Crippen molar-refractivity contribution in [2.24, 2.45) is 0 Å². The molecule has 0 fully saturated rings. The highest BCUT2D eigenvalue weighted by molar-refractivity contribution is 6.10. The zero-order chi connectivity index (χ0) is 13.7. The van der Waals surface area contributed by atoms with Gasteiger partial charge in [-0.25, -0.2) is 4.98 Å². The number of aryl methyl sites for hydroxylation is 2. The predicted octanol–water partition coefficient (Wildman–Crippen LogP) is 5.16. The summed E-state index contributed by atoms with van der Waals surface area (Å²) in [5.74, 6) is 0. The van der Waals surface area contributed by atoms with E-state index in [4.69, 9.17) is 4.98 Å². The van der Waals surface area contributed by atoms with Crippen LogP contribution in [0.15, 0.2) is 54.6 Å². The van der Waals surface area contributed by atoms with Crippen LogP contribution in [0.4, 0.5) is 0 Å². The van der Waals surface area contributed by atoms with E-state index >= 15 is 0 Å². The summed E-state index contributed by atoms with van der Waals surface area (Å²) in [5, 5.41) is 4.98. The molecule has 0 radical (unpaired) electrons. The van der Waals surface area contributed by atoms with E-state index in [-0.39, 0.29) is 0 Å². The molecule has 4 rings (SSSR count). The van der Waals surface area contributed by atoms with Gasteiger partial charge in [-0.05, 0) is 36.4 Å². The van der Waals surface area contributed by atoms with Crippen LogP contribution >= 0.6 is 0 Å². The quantitative estimate of drug-likeness (QED) is 0.313. The average molecular weight is 257 g/mol. The van der Waals surface area contributed by atoms with Gasteiger partial charge in [-0.15, -0.1) is 0 Å². The second kappa shape index (κ2) is 4.04. The van der Waals surface area contributed by atoms with Gasteiger partial charge in [0.2, 0.25) is 0 Å². The minimum Gasteiger partial charge on any atom is -0.247 e. The van der Waals surface area contributed by atoms with E-state index in [0.717, 1.165) is 11.0 Å². The second-order valence-electron chi connectivity index (χ2n) is 5.44. The van der Waals surface area contributed by atoms with Crippen LogP contribution < -0.4 is 0 Å². The van der Waals surface area contributed by atoms with Gasteiger partial charge in [-0.3, -0.25) is 0 Å². The van der Waals surface area contributed by atoms with Crippen LogP contribution in [-0.4, -0.2) is 4.98 Å². The highest BCUT2D eigenvalue weighted by atomic mass is 14.7. The number of hydrogen-bond acceptors (Lipinski definition) is 1. The second-order valence-corrected chi connectivity index (χ2v) is 5.44. The van der Waals surface area contributed by atoms with Gasteiger partial charge >= 0.3 is 0 Å². The third kappa shape index (κ3) is 1.53. The standard InChI is InChI=1S/C19H15N/c1-12-7-9-15-13(2)16-10-8-14-5-3-4-6-17(14)19(16)20-18(15)11-12/h3-11H,1-2H3. The number of benzene rings is 3. The molecule has 1 heterocycles. The summed E-state index contributed by atoms with van der Waals surface area (Å²) < 4.78 is 0. The Labute approximate surface area is 117 Å². The van der Waals surface area contributed by atoms with Gasteiger partial charge in [-0.1, -0.05) is 48.5 Å². The number of aromatic nitrogens is 1. The topological polar surface area (TPSA) is 12.9 Å². The largest absolute Gasteiger partial charge is 0.247 e. The first-order valence-corrected chi connectivity index (χ1v) is 6.92. The summed E-state index contributed by atoms with van der Waals surface area (Å²) in [6.45, 7) is 4.31. The zero-order valence-corrected chi connectivity index (χ0v) is 11.6. The Morgan fingerprint density at radius 1 is 0.750 bits per heavy atom. The van der Waals surface area contributed by atoms with Crippen LogP contribution in [0.2, 0.25) is 0 Å². The van der Waals surface area contributed by atoms with Crippen molar-refractivity contribution in [1.82, 2.24) is 4.98 Å². The van der Waals surface area contributed by atoms with Crippen molar-refractivity contribution in [3.63, 3.8) is 0 Å². The first-order valence-electron chi connectivity index (χ1n) is 6.92. The number of fused-ring (bicyclic) bond motifs is 4. The molecule has 1 heteroatoms. The lowest BCUT2D eigenvalue weighted by molar-refractivity contribution is 1.43. The first-order chi connectivity index (χ1) is 9.74. The van der Waals surface area contributed by atoms with Gasteiger partial charge in [0, 0.05) is 16.2 Å².